The van der Waals surface area contributed by atoms with Gasteiger partial charge in [0.05, 0.1) is 23.7 Å². The van der Waals surface area contributed by atoms with Crippen LogP contribution in [-0.4, -0.2) is 62.0 Å². The number of hydrogen-bond donors (Lipinski definition) is 2. The first-order valence-corrected chi connectivity index (χ1v) is 13.0. The highest BCUT2D eigenvalue weighted by Gasteiger charge is 2.34. The van der Waals surface area contributed by atoms with E-state index >= 15 is 0 Å². The van der Waals surface area contributed by atoms with E-state index in [2.05, 4.69) is 20.5 Å². The van der Waals surface area contributed by atoms with Gasteiger partial charge in [-0.25, -0.2) is 23.2 Å². The summed E-state index contributed by atoms with van der Waals surface area (Å²) in [6, 6.07) is 9.10. The molecule has 2 aromatic rings. The van der Waals surface area contributed by atoms with Crippen molar-refractivity contribution < 1.29 is 17.9 Å². The first-order valence-electron chi connectivity index (χ1n) is 10.9. The minimum Gasteiger partial charge on any atom is -0.371 e. The van der Waals surface area contributed by atoms with Crippen LogP contribution in [0, 0.1) is 0 Å². The summed E-state index contributed by atoms with van der Waals surface area (Å²) in [6.07, 6.45) is 5.73. The highest BCUT2D eigenvalue weighted by molar-refractivity contribution is 7.89. The molecule has 3 aliphatic rings. The molecule has 1 aromatic heterocycles. The van der Waals surface area contributed by atoms with Crippen molar-refractivity contribution in [1.29, 1.82) is 0 Å². The molecule has 10 heteroatoms. The Morgan fingerprint density at radius 2 is 1.78 bits per heavy atom. The number of urea groups is 1. The number of nitrogens with one attached hydrogen (secondary N) is 2. The summed E-state index contributed by atoms with van der Waals surface area (Å²) < 4.78 is 29.8. The molecule has 2 unspecified atom stereocenters. The lowest BCUT2D eigenvalue weighted by molar-refractivity contribution is 0.0302. The van der Waals surface area contributed by atoms with Gasteiger partial charge in [-0.05, 0) is 49.9 Å². The molecule has 3 fully saturated rings. The molecule has 5 rings (SSSR count). The van der Waals surface area contributed by atoms with E-state index in [1.54, 1.807) is 18.2 Å². The molecule has 1 saturated carbocycles. The Hall–Kier alpha value is -2.72. The van der Waals surface area contributed by atoms with Crippen LogP contribution in [0.5, 0.6) is 0 Å². The van der Waals surface area contributed by atoms with Crippen LogP contribution in [0.4, 0.5) is 16.3 Å². The van der Waals surface area contributed by atoms with Crippen LogP contribution >= 0.6 is 0 Å². The van der Waals surface area contributed by atoms with E-state index in [0.717, 1.165) is 50.2 Å². The maximum atomic E-state index is 12.0. The minimum atomic E-state index is -3.25. The lowest BCUT2D eigenvalue weighted by Gasteiger charge is -2.33. The van der Waals surface area contributed by atoms with E-state index in [9.17, 15) is 13.2 Å². The summed E-state index contributed by atoms with van der Waals surface area (Å²) in [5, 5.41) is 5.71. The number of hydrogen-bond acceptors (Lipinski definition) is 7. The van der Waals surface area contributed by atoms with Gasteiger partial charge in [0.25, 0.3) is 0 Å². The zero-order chi connectivity index (χ0) is 22.3. The van der Waals surface area contributed by atoms with Crippen LogP contribution in [-0.2, 0) is 20.3 Å². The van der Waals surface area contributed by atoms with E-state index in [4.69, 9.17) is 9.72 Å². The number of benzene rings is 1. The standard InChI is InChI=1S/C22H27N5O4S/c1-32(29,30)13-17-10-20(27-11-18-8-9-19(12-27)31-18)26-21(23-17)14-2-4-15(5-3-14)24-22(28)25-16-6-7-16/h2-5,10,16,18-19H,6-9,11-13H2,1H3,(H2,24,25,28). The highest BCUT2D eigenvalue weighted by Crippen LogP contribution is 2.30. The smallest absolute Gasteiger partial charge is 0.319 e. The molecule has 170 valence electrons. The number of anilines is 2. The topological polar surface area (TPSA) is 114 Å². The van der Waals surface area contributed by atoms with E-state index in [-0.39, 0.29) is 30.0 Å². The van der Waals surface area contributed by atoms with E-state index in [1.165, 1.54) is 6.26 Å². The summed E-state index contributed by atoms with van der Waals surface area (Å²) in [5.41, 5.74) is 1.90. The second-order valence-electron chi connectivity index (χ2n) is 8.92. The quantitative estimate of drug-likeness (QED) is 0.684. The Balaban J connectivity index is 1.40. The molecule has 2 N–H and O–H groups in total. The van der Waals surface area contributed by atoms with Crippen molar-refractivity contribution in [1.82, 2.24) is 15.3 Å². The fraction of sp³-hybridized carbons (Fsp3) is 0.500. The Morgan fingerprint density at radius 3 is 2.41 bits per heavy atom. The van der Waals surface area contributed by atoms with Gasteiger partial charge in [-0.15, -0.1) is 0 Å². The van der Waals surface area contributed by atoms with Gasteiger partial charge in [-0.3, -0.25) is 0 Å². The molecule has 0 spiro atoms. The van der Waals surface area contributed by atoms with Crippen molar-refractivity contribution in [2.24, 2.45) is 0 Å². The van der Waals surface area contributed by atoms with Crippen LogP contribution < -0.4 is 15.5 Å². The van der Waals surface area contributed by atoms with E-state index in [0.29, 0.717) is 17.2 Å². The van der Waals surface area contributed by atoms with Gasteiger partial charge in [-0.2, -0.15) is 0 Å². The number of morpholine rings is 1. The lowest BCUT2D eigenvalue weighted by Crippen LogP contribution is -2.43. The summed E-state index contributed by atoms with van der Waals surface area (Å²) in [4.78, 5) is 23.4. The number of ether oxygens (including phenoxy) is 1. The average Bonchev–Trinajstić information content (AvgIpc) is 3.48. The molecular weight excluding hydrogens is 430 g/mol. The fourth-order valence-corrected chi connectivity index (χ4v) is 4.89. The maximum Gasteiger partial charge on any atom is 0.319 e. The van der Waals surface area contributed by atoms with Crippen molar-refractivity contribution >= 4 is 27.4 Å². The van der Waals surface area contributed by atoms with E-state index in [1.807, 2.05) is 12.1 Å². The molecule has 1 aromatic carbocycles. The third-order valence-electron chi connectivity index (χ3n) is 5.86. The van der Waals surface area contributed by atoms with Gasteiger partial charge >= 0.3 is 6.03 Å². The van der Waals surface area contributed by atoms with Crippen molar-refractivity contribution in [3.63, 3.8) is 0 Å². The second kappa shape index (κ2) is 8.32. The molecule has 2 atom stereocenters. The number of fused-ring (bicyclic) bond motifs is 2. The van der Waals surface area contributed by atoms with Gasteiger partial charge in [0.2, 0.25) is 0 Å². The number of carbonyl (C=O) groups excluding carboxylic acids is 1. The third kappa shape index (κ3) is 5.18. The zero-order valence-corrected chi connectivity index (χ0v) is 18.8. The zero-order valence-electron chi connectivity index (χ0n) is 18.0. The Kier molecular flexibility index (Phi) is 5.50. The van der Waals surface area contributed by atoms with Crippen LogP contribution in [0.15, 0.2) is 30.3 Å². The normalized spacial score (nSPS) is 22.6. The molecule has 1 aliphatic carbocycles. The summed E-state index contributed by atoms with van der Waals surface area (Å²) >= 11 is 0. The van der Waals surface area contributed by atoms with Crippen molar-refractivity contribution in [2.45, 2.75) is 49.7 Å². The number of nitrogens with zero attached hydrogens (tertiary/aromatic N) is 3. The molecule has 2 amide bonds. The van der Waals surface area contributed by atoms with Gasteiger partial charge in [0.15, 0.2) is 15.7 Å². The predicted octanol–water partition coefficient (Wildman–Crippen LogP) is 2.34. The summed E-state index contributed by atoms with van der Waals surface area (Å²) in [7, 11) is -3.25. The van der Waals surface area contributed by atoms with Gasteiger partial charge in [0.1, 0.15) is 5.82 Å². The lowest BCUT2D eigenvalue weighted by atomic mass is 10.2. The van der Waals surface area contributed by atoms with Crippen LogP contribution in [0.2, 0.25) is 0 Å². The highest BCUT2D eigenvalue weighted by atomic mass is 32.2. The maximum absolute atomic E-state index is 12.0. The molecule has 2 bridgehead atoms. The predicted molar refractivity (Wildman–Crippen MR) is 121 cm³/mol. The fourth-order valence-electron chi connectivity index (χ4n) is 4.20. The third-order valence-corrected chi connectivity index (χ3v) is 6.68. The number of rotatable bonds is 6. The Morgan fingerprint density at radius 1 is 1.09 bits per heavy atom. The Labute approximate surface area is 187 Å². The SMILES string of the molecule is CS(=O)(=O)Cc1cc(N2CC3CCC(C2)O3)nc(-c2ccc(NC(=O)NC3CC3)cc2)n1. The number of amides is 2. The minimum absolute atomic E-state index is 0.145. The Bertz CT molecular complexity index is 1110. The summed E-state index contributed by atoms with van der Waals surface area (Å²) in [5.74, 6) is 1.04. The molecule has 2 aliphatic heterocycles. The van der Waals surface area contributed by atoms with Crippen LogP contribution in [0.3, 0.4) is 0 Å². The van der Waals surface area contributed by atoms with E-state index < -0.39 is 9.84 Å². The van der Waals surface area contributed by atoms with Crippen LogP contribution in [0.1, 0.15) is 31.4 Å². The first-order chi connectivity index (χ1) is 15.3. The average molecular weight is 458 g/mol. The number of sulfone groups is 1. The largest absolute Gasteiger partial charge is 0.371 e. The number of carbonyl (C=O) groups is 1. The second-order valence-corrected chi connectivity index (χ2v) is 11.1. The first kappa shape index (κ1) is 21.1. The van der Waals surface area contributed by atoms with Gasteiger partial charge < -0.3 is 20.3 Å². The van der Waals surface area contributed by atoms with Crippen LogP contribution in [0.25, 0.3) is 11.4 Å². The van der Waals surface area contributed by atoms with Crippen molar-refractivity contribution in [3.05, 3.63) is 36.0 Å². The molecule has 3 heterocycles. The van der Waals surface area contributed by atoms with Gasteiger partial charge in [0, 0.05) is 42.7 Å². The van der Waals surface area contributed by atoms with Gasteiger partial charge in [-0.1, -0.05) is 0 Å². The molecule has 9 nitrogen and oxygen atoms in total. The summed E-state index contributed by atoms with van der Waals surface area (Å²) in [6.45, 7) is 1.48. The molecule has 32 heavy (non-hydrogen) atoms. The molecular formula is C22H27N5O4S. The number of aromatic nitrogens is 2. The van der Waals surface area contributed by atoms with Crippen molar-refractivity contribution in [2.75, 3.05) is 29.6 Å². The van der Waals surface area contributed by atoms with Crippen molar-refractivity contribution in [3.8, 4) is 11.4 Å². The monoisotopic (exact) mass is 457 g/mol. The molecule has 0 radical (unpaired) electrons. The molecule has 2 saturated heterocycles.